The predicted molar refractivity (Wildman–Crippen MR) is 110 cm³/mol. The average molecular weight is 429 g/mol. The van der Waals surface area contributed by atoms with Crippen LogP contribution in [0.5, 0.6) is 0 Å². The molecular weight excluding hydrogens is 387 g/mol. The van der Waals surface area contributed by atoms with Crippen LogP contribution in [-0.2, 0) is 14.9 Å². The van der Waals surface area contributed by atoms with Gasteiger partial charge in [0, 0.05) is 6.42 Å². The van der Waals surface area contributed by atoms with E-state index >= 15 is 0 Å². The number of hydrogen-bond donors (Lipinski definition) is 1. The van der Waals surface area contributed by atoms with Crippen LogP contribution in [0, 0.1) is 0 Å². The summed E-state index contributed by atoms with van der Waals surface area (Å²) in [6, 6.07) is 0. The SMILES string of the molecule is CCCCCCCCCCCCCCCCCC(=O)C(C)(CO)S(=O)(=O)[O-].[Na+]. The van der Waals surface area contributed by atoms with Crippen LogP contribution in [0.1, 0.15) is 117 Å². The van der Waals surface area contributed by atoms with Crippen LogP contribution >= 0.6 is 0 Å². The number of ketones is 1. The molecule has 0 aromatic heterocycles. The summed E-state index contributed by atoms with van der Waals surface area (Å²) in [7, 11) is -4.83. The Bertz CT molecular complexity index is 481. The molecule has 0 aromatic carbocycles. The molecule has 0 aliphatic rings. The van der Waals surface area contributed by atoms with Crippen LogP contribution in [-0.4, -0.2) is 35.2 Å². The molecule has 1 atom stereocenters. The van der Waals surface area contributed by atoms with Gasteiger partial charge in [-0.25, -0.2) is 8.42 Å². The van der Waals surface area contributed by atoms with E-state index in [4.69, 9.17) is 5.11 Å². The van der Waals surface area contributed by atoms with Gasteiger partial charge in [0.25, 0.3) is 0 Å². The molecule has 0 heterocycles. The van der Waals surface area contributed by atoms with Crippen molar-refractivity contribution in [3.8, 4) is 0 Å². The van der Waals surface area contributed by atoms with Crippen LogP contribution in [0.15, 0.2) is 0 Å². The average Bonchev–Trinajstić information content (AvgIpc) is 2.62. The first-order valence-electron chi connectivity index (χ1n) is 10.9. The second-order valence-electron chi connectivity index (χ2n) is 7.97. The van der Waals surface area contributed by atoms with Gasteiger partial charge in [0.1, 0.15) is 14.9 Å². The van der Waals surface area contributed by atoms with Crippen molar-refractivity contribution in [2.24, 2.45) is 0 Å². The van der Waals surface area contributed by atoms with Gasteiger partial charge in [0.15, 0.2) is 5.78 Å². The normalized spacial score (nSPS) is 13.7. The molecule has 1 N–H and O–H groups in total. The van der Waals surface area contributed by atoms with E-state index in [1.54, 1.807) is 0 Å². The minimum absolute atomic E-state index is 0. The summed E-state index contributed by atoms with van der Waals surface area (Å²) in [5.41, 5.74) is 0. The Morgan fingerprint density at radius 2 is 1.11 bits per heavy atom. The van der Waals surface area contributed by atoms with E-state index in [1.165, 1.54) is 70.6 Å². The second kappa shape index (κ2) is 18.3. The van der Waals surface area contributed by atoms with Crippen molar-refractivity contribution in [3.63, 3.8) is 0 Å². The number of carbonyl (C=O) groups excluding carboxylic acids is 1. The molecule has 0 fully saturated rings. The number of unbranched alkanes of at least 4 members (excludes halogenated alkanes) is 14. The first-order valence-corrected chi connectivity index (χ1v) is 12.3. The molecule has 0 aliphatic carbocycles. The minimum atomic E-state index is -4.83. The summed E-state index contributed by atoms with van der Waals surface area (Å²) < 4.78 is 31.3. The van der Waals surface area contributed by atoms with Gasteiger partial charge >= 0.3 is 29.6 Å². The molecule has 0 spiro atoms. The van der Waals surface area contributed by atoms with E-state index in [-0.39, 0.29) is 36.0 Å². The Balaban J connectivity index is 0. The van der Waals surface area contributed by atoms with E-state index in [0.29, 0.717) is 6.42 Å². The van der Waals surface area contributed by atoms with Gasteiger partial charge in [0.2, 0.25) is 0 Å². The molecule has 0 saturated carbocycles. The van der Waals surface area contributed by atoms with Crippen molar-refractivity contribution in [3.05, 3.63) is 0 Å². The first-order chi connectivity index (χ1) is 12.8. The fourth-order valence-corrected chi connectivity index (χ4v) is 3.77. The van der Waals surface area contributed by atoms with Crippen LogP contribution in [0.2, 0.25) is 0 Å². The zero-order valence-electron chi connectivity index (χ0n) is 18.5. The fraction of sp³-hybridized carbons (Fsp3) is 0.952. The Morgan fingerprint density at radius 3 is 1.39 bits per heavy atom. The summed E-state index contributed by atoms with van der Waals surface area (Å²) in [6.45, 7) is 2.31. The third-order valence-electron chi connectivity index (χ3n) is 5.45. The molecule has 0 amide bonds. The van der Waals surface area contributed by atoms with Crippen molar-refractivity contribution in [1.82, 2.24) is 0 Å². The standard InChI is InChI=1S/C21H42O5S.Na/c1-3-4-5-6-7-8-9-10-11-12-13-14-15-16-17-18-20(23)21(2,19-22)27(24,25)26;/h22H,3-19H2,1-2H3,(H,24,25,26);/q;+1/p-1. The Labute approximate surface area is 195 Å². The molecule has 0 saturated heterocycles. The molecule has 162 valence electrons. The van der Waals surface area contributed by atoms with Crippen molar-refractivity contribution in [2.45, 2.75) is 121 Å². The number of hydrogen-bond acceptors (Lipinski definition) is 5. The Hall–Kier alpha value is 0.540. The smallest absolute Gasteiger partial charge is 0.747 e. The summed E-state index contributed by atoms with van der Waals surface area (Å²) in [4.78, 5) is 11.9. The molecule has 0 bridgehead atoms. The van der Waals surface area contributed by atoms with Crippen molar-refractivity contribution < 1.29 is 52.4 Å². The molecule has 7 heteroatoms. The van der Waals surface area contributed by atoms with Crippen LogP contribution in [0.3, 0.4) is 0 Å². The van der Waals surface area contributed by atoms with Gasteiger partial charge in [-0.3, -0.25) is 4.79 Å². The maximum atomic E-state index is 11.9. The summed E-state index contributed by atoms with van der Waals surface area (Å²) in [6.07, 6.45) is 18.2. The van der Waals surface area contributed by atoms with Gasteiger partial charge in [-0.05, 0) is 13.3 Å². The predicted octanol–water partition coefficient (Wildman–Crippen LogP) is 2.12. The van der Waals surface area contributed by atoms with E-state index < -0.39 is 27.3 Å². The third kappa shape index (κ3) is 13.7. The molecule has 0 aromatic rings. The third-order valence-corrected chi connectivity index (χ3v) is 6.91. The van der Waals surface area contributed by atoms with Gasteiger partial charge in [0.05, 0.1) is 6.61 Å². The molecular formula is C21H41NaO5S. The summed E-state index contributed by atoms with van der Waals surface area (Å²) in [5.74, 6) is -0.672. The van der Waals surface area contributed by atoms with Gasteiger partial charge in [-0.15, -0.1) is 0 Å². The van der Waals surface area contributed by atoms with Crippen LogP contribution < -0.4 is 29.6 Å². The number of aliphatic hydroxyl groups excluding tert-OH is 1. The molecule has 1 unspecified atom stereocenters. The number of Topliss-reactive ketones (excluding diaryl/α,β-unsaturated/α-hetero) is 1. The molecule has 0 aliphatic heterocycles. The second-order valence-corrected chi connectivity index (χ2v) is 9.78. The fourth-order valence-electron chi connectivity index (χ4n) is 3.23. The quantitative estimate of drug-likeness (QED) is 0.193. The summed E-state index contributed by atoms with van der Waals surface area (Å²) >= 11 is 0. The van der Waals surface area contributed by atoms with E-state index in [0.717, 1.165) is 26.2 Å². The monoisotopic (exact) mass is 428 g/mol. The maximum absolute atomic E-state index is 11.9. The van der Waals surface area contributed by atoms with Crippen molar-refractivity contribution in [2.75, 3.05) is 6.61 Å². The minimum Gasteiger partial charge on any atom is -0.747 e. The molecule has 28 heavy (non-hydrogen) atoms. The molecule has 5 nitrogen and oxygen atoms in total. The van der Waals surface area contributed by atoms with Gasteiger partial charge in [-0.2, -0.15) is 0 Å². The van der Waals surface area contributed by atoms with Crippen molar-refractivity contribution in [1.29, 1.82) is 0 Å². The number of carbonyl (C=O) groups is 1. The van der Waals surface area contributed by atoms with E-state index in [1.807, 2.05) is 0 Å². The zero-order chi connectivity index (χ0) is 20.6. The summed E-state index contributed by atoms with van der Waals surface area (Å²) in [5, 5.41) is 9.12. The molecule has 0 rings (SSSR count). The van der Waals surface area contributed by atoms with Gasteiger partial charge < -0.3 is 9.66 Å². The largest absolute Gasteiger partial charge is 1.00 e. The Kier molecular flexibility index (Phi) is 20.1. The first kappa shape index (κ1) is 30.7. The van der Waals surface area contributed by atoms with Gasteiger partial charge in [-0.1, -0.05) is 96.8 Å². The molecule has 0 radical (unpaired) electrons. The van der Waals surface area contributed by atoms with E-state index in [9.17, 15) is 17.8 Å². The Morgan fingerprint density at radius 1 is 0.786 bits per heavy atom. The van der Waals surface area contributed by atoms with Crippen molar-refractivity contribution >= 4 is 15.9 Å². The number of rotatable bonds is 19. The van der Waals surface area contributed by atoms with Crippen LogP contribution in [0.25, 0.3) is 0 Å². The zero-order valence-corrected chi connectivity index (χ0v) is 21.3. The van der Waals surface area contributed by atoms with E-state index in [2.05, 4.69) is 6.92 Å². The maximum Gasteiger partial charge on any atom is 1.00 e. The number of aliphatic hydroxyl groups is 1. The van der Waals surface area contributed by atoms with Crippen LogP contribution in [0.4, 0.5) is 0 Å². The topological polar surface area (TPSA) is 94.5 Å².